The highest BCUT2D eigenvalue weighted by Gasteiger charge is 2.10. The fraction of sp³-hybridized carbons (Fsp3) is 0.0769. The van der Waals surface area contributed by atoms with E-state index < -0.39 is 17.1 Å². The summed E-state index contributed by atoms with van der Waals surface area (Å²) in [4.78, 5) is 23.0. The van der Waals surface area contributed by atoms with Crippen molar-refractivity contribution in [2.45, 2.75) is 10.6 Å². The topological polar surface area (TPSA) is 87.7 Å². The summed E-state index contributed by atoms with van der Waals surface area (Å²) in [6.07, 6.45) is 0.989. The van der Waals surface area contributed by atoms with E-state index in [0.717, 1.165) is 11.2 Å². The number of carboxylic acids is 1. The second kappa shape index (κ2) is 6.15. The van der Waals surface area contributed by atoms with E-state index in [0.29, 0.717) is 16.0 Å². The number of halogens is 1. The number of aromatic carboxylic acids is 1. The number of aromatic hydroxyl groups is 1. The van der Waals surface area contributed by atoms with Gasteiger partial charge in [-0.3, -0.25) is 4.79 Å². The largest absolute Gasteiger partial charge is 0.502 e. The molecule has 20 heavy (non-hydrogen) atoms. The third kappa shape index (κ3) is 3.43. The van der Waals surface area contributed by atoms with Gasteiger partial charge in [0.1, 0.15) is 12.0 Å². The number of benzene rings is 1. The lowest BCUT2D eigenvalue weighted by Gasteiger charge is -2.04. The SMILES string of the molecule is O=C(O)c1cc(SCc2cc(=O)c(O)co2)ccc1Br. The van der Waals surface area contributed by atoms with Crippen molar-refractivity contribution < 1.29 is 19.4 Å². The summed E-state index contributed by atoms with van der Waals surface area (Å²) in [5, 5.41) is 18.1. The normalized spacial score (nSPS) is 10.4. The third-order valence-electron chi connectivity index (χ3n) is 2.42. The van der Waals surface area contributed by atoms with Gasteiger partial charge in [0.25, 0.3) is 0 Å². The summed E-state index contributed by atoms with van der Waals surface area (Å²) in [5.74, 6) is -0.695. The lowest BCUT2D eigenvalue weighted by Crippen LogP contribution is -1.99. The Morgan fingerprint density at radius 1 is 1.35 bits per heavy atom. The number of hydrogen-bond acceptors (Lipinski definition) is 5. The molecular weight excluding hydrogens is 348 g/mol. The van der Waals surface area contributed by atoms with E-state index in [-0.39, 0.29) is 5.56 Å². The van der Waals surface area contributed by atoms with Gasteiger partial charge in [-0.1, -0.05) is 0 Å². The van der Waals surface area contributed by atoms with Gasteiger partial charge in [-0.2, -0.15) is 0 Å². The van der Waals surface area contributed by atoms with Gasteiger partial charge in [-0.15, -0.1) is 11.8 Å². The van der Waals surface area contributed by atoms with Gasteiger partial charge in [0.2, 0.25) is 5.43 Å². The summed E-state index contributed by atoms with van der Waals surface area (Å²) in [6, 6.07) is 6.16. The molecule has 0 unspecified atom stereocenters. The molecule has 0 aliphatic rings. The van der Waals surface area contributed by atoms with Crippen LogP contribution in [0.2, 0.25) is 0 Å². The molecule has 2 aromatic rings. The maximum atomic E-state index is 11.2. The molecule has 5 nitrogen and oxygen atoms in total. The van der Waals surface area contributed by atoms with Crippen LogP contribution in [0.1, 0.15) is 16.1 Å². The number of carboxylic acid groups (broad SMARTS) is 1. The number of carbonyl (C=O) groups is 1. The van der Waals surface area contributed by atoms with Crippen LogP contribution in [0.15, 0.2) is 49.1 Å². The zero-order valence-corrected chi connectivity index (χ0v) is 12.4. The Balaban J connectivity index is 2.14. The van der Waals surface area contributed by atoms with Crippen LogP contribution >= 0.6 is 27.7 Å². The van der Waals surface area contributed by atoms with Gasteiger partial charge in [0.05, 0.1) is 11.3 Å². The highest BCUT2D eigenvalue weighted by Crippen LogP contribution is 2.27. The third-order valence-corrected chi connectivity index (χ3v) is 4.12. The molecule has 0 aliphatic carbocycles. The van der Waals surface area contributed by atoms with E-state index in [1.54, 1.807) is 12.1 Å². The van der Waals surface area contributed by atoms with Crippen LogP contribution in [0, 0.1) is 0 Å². The van der Waals surface area contributed by atoms with Gasteiger partial charge in [-0.05, 0) is 34.1 Å². The minimum absolute atomic E-state index is 0.169. The molecule has 0 amide bonds. The Bertz CT molecular complexity index is 710. The minimum Gasteiger partial charge on any atom is -0.502 e. The van der Waals surface area contributed by atoms with Crippen LogP contribution in [-0.4, -0.2) is 16.2 Å². The standard InChI is InChI=1S/C13H9BrO5S/c14-10-2-1-8(4-9(10)13(17)18)20-6-7-3-11(15)12(16)5-19-7/h1-5,16H,6H2,(H,17,18). The van der Waals surface area contributed by atoms with E-state index in [9.17, 15) is 9.59 Å². The lowest BCUT2D eigenvalue weighted by molar-refractivity contribution is 0.0695. The van der Waals surface area contributed by atoms with Gasteiger partial charge < -0.3 is 14.6 Å². The van der Waals surface area contributed by atoms with Gasteiger partial charge in [-0.25, -0.2) is 4.79 Å². The first-order chi connectivity index (χ1) is 9.47. The molecule has 0 radical (unpaired) electrons. The van der Waals surface area contributed by atoms with Crippen molar-refractivity contribution in [1.82, 2.24) is 0 Å². The van der Waals surface area contributed by atoms with E-state index >= 15 is 0 Å². The number of thioether (sulfide) groups is 1. The van der Waals surface area contributed by atoms with Crippen molar-refractivity contribution >= 4 is 33.7 Å². The molecule has 1 aromatic heterocycles. The molecule has 1 heterocycles. The summed E-state index contributed by atoms with van der Waals surface area (Å²) in [5.41, 5.74) is -0.337. The van der Waals surface area contributed by atoms with Crippen molar-refractivity contribution in [3.05, 3.63) is 56.5 Å². The molecule has 7 heteroatoms. The van der Waals surface area contributed by atoms with Crippen LogP contribution in [0.25, 0.3) is 0 Å². The number of hydrogen-bond donors (Lipinski definition) is 2. The average Bonchev–Trinajstić information content (AvgIpc) is 2.41. The average molecular weight is 357 g/mol. The molecule has 0 spiro atoms. The Labute approximate surface area is 126 Å². The molecule has 104 valence electrons. The number of rotatable bonds is 4. The molecule has 0 bridgehead atoms. The first-order valence-electron chi connectivity index (χ1n) is 5.43. The maximum absolute atomic E-state index is 11.2. The molecule has 0 atom stereocenters. The first kappa shape index (κ1) is 14.7. The highest BCUT2D eigenvalue weighted by atomic mass is 79.9. The lowest BCUT2D eigenvalue weighted by atomic mass is 10.2. The maximum Gasteiger partial charge on any atom is 0.336 e. The molecule has 0 saturated heterocycles. The van der Waals surface area contributed by atoms with Crippen molar-refractivity contribution in [2.24, 2.45) is 0 Å². The van der Waals surface area contributed by atoms with E-state index in [1.165, 1.54) is 23.9 Å². The summed E-state index contributed by atoms with van der Waals surface area (Å²) < 4.78 is 5.57. The zero-order chi connectivity index (χ0) is 14.7. The predicted molar refractivity (Wildman–Crippen MR) is 77.3 cm³/mol. The molecule has 2 N–H and O–H groups in total. The smallest absolute Gasteiger partial charge is 0.336 e. The Kier molecular flexibility index (Phi) is 4.51. The van der Waals surface area contributed by atoms with Crippen LogP contribution < -0.4 is 5.43 Å². The fourth-order valence-corrected chi connectivity index (χ4v) is 2.67. The van der Waals surface area contributed by atoms with Gasteiger partial charge in [0.15, 0.2) is 5.75 Å². The molecule has 2 rings (SSSR count). The van der Waals surface area contributed by atoms with Crippen molar-refractivity contribution in [1.29, 1.82) is 0 Å². The molecular formula is C13H9BrO5S. The minimum atomic E-state index is -1.02. The Morgan fingerprint density at radius 2 is 2.10 bits per heavy atom. The van der Waals surface area contributed by atoms with Crippen molar-refractivity contribution in [2.75, 3.05) is 0 Å². The predicted octanol–water partition coefficient (Wildman–Crippen LogP) is 3.10. The Hall–Kier alpha value is -1.73. The van der Waals surface area contributed by atoms with Crippen LogP contribution in [0.4, 0.5) is 0 Å². The van der Waals surface area contributed by atoms with Crippen LogP contribution in [0.5, 0.6) is 5.75 Å². The fourth-order valence-electron chi connectivity index (χ4n) is 1.43. The monoisotopic (exact) mass is 356 g/mol. The molecule has 0 aliphatic heterocycles. The molecule has 1 aromatic carbocycles. The molecule has 0 fully saturated rings. The Morgan fingerprint density at radius 3 is 2.75 bits per heavy atom. The van der Waals surface area contributed by atoms with E-state index in [2.05, 4.69) is 15.9 Å². The van der Waals surface area contributed by atoms with Crippen LogP contribution in [0.3, 0.4) is 0 Å². The summed E-state index contributed by atoms with van der Waals surface area (Å²) in [7, 11) is 0. The zero-order valence-electron chi connectivity index (χ0n) is 10.00. The van der Waals surface area contributed by atoms with Gasteiger partial charge in [0, 0.05) is 15.4 Å². The van der Waals surface area contributed by atoms with E-state index in [1.807, 2.05) is 0 Å². The summed E-state index contributed by atoms with van der Waals surface area (Å²) >= 11 is 4.50. The highest BCUT2D eigenvalue weighted by molar-refractivity contribution is 9.10. The first-order valence-corrected chi connectivity index (χ1v) is 7.21. The summed E-state index contributed by atoms with van der Waals surface area (Å²) in [6.45, 7) is 0. The van der Waals surface area contributed by atoms with E-state index in [4.69, 9.17) is 14.6 Å². The van der Waals surface area contributed by atoms with Gasteiger partial charge >= 0.3 is 5.97 Å². The van der Waals surface area contributed by atoms with Crippen LogP contribution in [-0.2, 0) is 5.75 Å². The van der Waals surface area contributed by atoms with Crippen molar-refractivity contribution in [3.63, 3.8) is 0 Å². The molecule has 0 saturated carbocycles. The second-order valence-corrected chi connectivity index (χ2v) is 5.73. The second-order valence-electron chi connectivity index (χ2n) is 3.83. The van der Waals surface area contributed by atoms with Crippen molar-refractivity contribution in [3.8, 4) is 5.75 Å². The quantitative estimate of drug-likeness (QED) is 0.818.